The fraction of sp³-hybridized carbons (Fsp3) is 0.565. The smallest absolute Gasteiger partial charge is 0.123 e. The Hall–Kier alpha value is -2.42. The minimum absolute atomic E-state index is 0.202. The van der Waals surface area contributed by atoms with Gasteiger partial charge in [0.25, 0.3) is 0 Å². The second-order valence-corrected chi connectivity index (χ2v) is 9.30. The average Bonchev–Trinajstić information content (AvgIpc) is 2.75. The van der Waals surface area contributed by atoms with Crippen LogP contribution in [0.3, 0.4) is 0 Å². The molecule has 2 aliphatic heterocycles. The Kier molecular flexibility index (Phi) is 9.48. The summed E-state index contributed by atoms with van der Waals surface area (Å²) in [7, 11) is 0. The fourth-order valence-electron chi connectivity index (χ4n) is 3.91. The van der Waals surface area contributed by atoms with Crippen LogP contribution < -0.4 is 10.6 Å². The molecule has 0 bridgehead atoms. The molecule has 6 nitrogen and oxygen atoms in total. The van der Waals surface area contributed by atoms with Crippen molar-refractivity contribution in [2.45, 2.75) is 46.5 Å². The minimum Gasteiger partial charge on any atom is -0.389 e. The molecule has 31 heavy (non-hydrogen) atoms. The second kappa shape index (κ2) is 11.8. The molecular weight excluding hydrogens is 424 g/mol. The molecule has 0 unspecified atom stereocenters. The zero-order valence-corrected chi connectivity index (χ0v) is 20.3. The number of rotatable bonds is 3. The standard InChI is InChI=1S/C12H15N3S.C11H17N3S/c1-9-3-6-15(7-4-9)11-2-5-14-12(16)10(11)8-13;1-8-3-5-14(6-4-8)9(2)10(7-12)11(13)15/h2,5,9H,3-4,6-7H2,1H3,(H,14,16);8H,3-6H2,1-2H3,(H2,13,15)/b;10-9-. The van der Waals surface area contributed by atoms with Crippen molar-refractivity contribution >= 4 is 35.1 Å². The number of nitriles is 2. The molecule has 8 heteroatoms. The zero-order chi connectivity index (χ0) is 23.0. The van der Waals surface area contributed by atoms with Gasteiger partial charge in [-0.1, -0.05) is 38.3 Å². The molecule has 0 atom stereocenters. The molecule has 2 aliphatic rings. The van der Waals surface area contributed by atoms with Gasteiger partial charge in [0.1, 0.15) is 32.9 Å². The number of H-pyrrole nitrogens is 1. The van der Waals surface area contributed by atoms with Crippen LogP contribution in [0, 0.1) is 39.1 Å². The molecule has 3 rings (SSSR count). The number of aromatic nitrogens is 1. The van der Waals surface area contributed by atoms with Crippen molar-refractivity contribution in [2.75, 3.05) is 31.1 Å². The van der Waals surface area contributed by atoms with Gasteiger partial charge in [-0.15, -0.1) is 0 Å². The van der Waals surface area contributed by atoms with E-state index >= 15 is 0 Å². The van der Waals surface area contributed by atoms with Gasteiger partial charge in [-0.25, -0.2) is 0 Å². The van der Waals surface area contributed by atoms with Crippen molar-refractivity contribution in [1.29, 1.82) is 10.5 Å². The largest absolute Gasteiger partial charge is 0.389 e. The molecule has 0 aliphatic carbocycles. The number of aromatic amines is 1. The van der Waals surface area contributed by atoms with E-state index in [1.807, 2.05) is 19.2 Å². The van der Waals surface area contributed by atoms with Crippen molar-refractivity contribution in [3.8, 4) is 12.1 Å². The molecule has 1 aromatic rings. The average molecular weight is 457 g/mol. The summed E-state index contributed by atoms with van der Waals surface area (Å²) in [6.45, 7) is 10.5. The summed E-state index contributed by atoms with van der Waals surface area (Å²) in [5.74, 6) is 1.57. The van der Waals surface area contributed by atoms with Crippen LogP contribution in [0.4, 0.5) is 5.69 Å². The minimum atomic E-state index is 0.202. The van der Waals surface area contributed by atoms with Crippen LogP contribution in [-0.4, -0.2) is 41.1 Å². The molecule has 2 fully saturated rings. The molecule has 166 valence electrons. The molecule has 2 saturated heterocycles. The van der Waals surface area contributed by atoms with Gasteiger partial charge in [0.05, 0.1) is 5.69 Å². The molecule has 3 heterocycles. The number of anilines is 1. The highest BCUT2D eigenvalue weighted by atomic mass is 32.1. The van der Waals surface area contributed by atoms with E-state index in [4.69, 9.17) is 40.7 Å². The van der Waals surface area contributed by atoms with Gasteiger partial charge in [-0.3, -0.25) is 0 Å². The van der Waals surface area contributed by atoms with Gasteiger partial charge in [-0.05, 0) is 50.5 Å². The highest BCUT2D eigenvalue weighted by Crippen LogP contribution is 2.25. The lowest BCUT2D eigenvalue weighted by atomic mass is 9.98. The van der Waals surface area contributed by atoms with Gasteiger partial charge in [0, 0.05) is 38.1 Å². The fourth-order valence-corrected chi connectivity index (χ4v) is 4.32. The predicted octanol–water partition coefficient (Wildman–Crippen LogP) is 4.65. The van der Waals surface area contributed by atoms with Crippen molar-refractivity contribution < 1.29 is 0 Å². The number of hydrogen-bond acceptors (Lipinski definition) is 6. The first-order chi connectivity index (χ1) is 14.8. The van der Waals surface area contributed by atoms with Crippen molar-refractivity contribution in [3.05, 3.63) is 33.7 Å². The third-order valence-corrected chi connectivity index (χ3v) is 6.68. The van der Waals surface area contributed by atoms with Crippen LogP contribution in [0.15, 0.2) is 23.5 Å². The number of piperidine rings is 2. The van der Waals surface area contributed by atoms with Gasteiger partial charge in [0.15, 0.2) is 0 Å². The van der Waals surface area contributed by atoms with E-state index in [-0.39, 0.29) is 4.99 Å². The summed E-state index contributed by atoms with van der Waals surface area (Å²) in [6, 6.07) is 6.23. The van der Waals surface area contributed by atoms with E-state index in [1.165, 1.54) is 25.7 Å². The number of likely N-dealkylation sites (tertiary alicyclic amines) is 1. The second-order valence-electron chi connectivity index (χ2n) is 8.45. The Labute approximate surface area is 196 Å². The first-order valence-corrected chi connectivity index (χ1v) is 11.6. The number of pyridine rings is 1. The van der Waals surface area contributed by atoms with Gasteiger partial charge < -0.3 is 20.5 Å². The SMILES string of the molecule is C/C(=C(\C#N)C(N)=S)N1CCC(C)CC1.CC1CCN(c2cc[nH]c(=S)c2C#N)CC1. The highest BCUT2D eigenvalue weighted by Gasteiger charge is 2.19. The summed E-state index contributed by atoms with van der Waals surface area (Å²) in [5, 5.41) is 18.1. The number of allylic oxidation sites excluding steroid dienone is 1. The number of nitrogens with zero attached hydrogens (tertiary/aromatic N) is 4. The van der Waals surface area contributed by atoms with Crippen molar-refractivity contribution in [3.63, 3.8) is 0 Å². The van der Waals surface area contributed by atoms with Crippen LogP contribution in [-0.2, 0) is 0 Å². The Balaban J connectivity index is 0.000000221. The van der Waals surface area contributed by atoms with Crippen LogP contribution in [0.1, 0.15) is 52.0 Å². The van der Waals surface area contributed by atoms with Gasteiger partial charge >= 0.3 is 0 Å². The quantitative estimate of drug-likeness (QED) is 0.388. The van der Waals surface area contributed by atoms with Crippen LogP contribution in [0.5, 0.6) is 0 Å². The number of nitrogens with two attached hydrogens (primary N) is 1. The van der Waals surface area contributed by atoms with E-state index in [0.717, 1.165) is 49.4 Å². The van der Waals surface area contributed by atoms with Crippen molar-refractivity contribution in [2.24, 2.45) is 17.6 Å². The molecular formula is C23H32N6S2. The van der Waals surface area contributed by atoms with Crippen LogP contribution >= 0.6 is 24.4 Å². The Morgan fingerprint density at radius 1 is 1.10 bits per heavy atom. The maximum atomic E-state index is 9.12. The molecule has 1 aromatic heterocycles. The Morgan fingerprint density at radius 2 is 1.65 bits per heavy atom. The molecule has 3 N–H and O–H groups in total. The molecule has 0 aromatic carbocycles. The lowest BCUT2D eigenvalue weighted by Crippen LogP contribution is -2.33. The topological polar surface area (TPSA) is 95.9 Å². The first-order valence-electron chi connectivity index (χ1n) is 10.8. The summed E-state index contributed by atoms with van der Waals surface area (Å²) in [5.41, 5.74) is 8.48. The third kappa shape index (κ3) is 6.78. The maximum Gasteiger partial charge on any atom is 0.123 e. The van der Waals surface area contributed by atoms with Gasteiger partial charge in [-0.2, -0.15) is 10.5 Å². The zero-order valence-electron chi connectivity index (χ0n) is 18.6. The third-order valence-electron chi connectivity index (χ3n) is 6.15. The Bertz CT molecular complexity index is 936. The molecule has 0 amide bonds. The lowest BCUT2D eigenvalue weighted by molar-refractivity contribution is 0.237. The van der Waals surface area contributed by atoms with Crippen LogP contribution in [0.2, 0.25) is 0 Å². The Morgan fingerprint density at radius 3 is 2.13 bits per heavy atom. The molecule has 0 saturated carbocycles. The van der Waals surface area contributed by atoms with Crippen molar-refractivity contribution in [1.82, 2.24) is 9.88 Å². The van der Waals surface area contributed by atoms with E-state index in [0.29, 0.717) is 15.8 Å². The summed E-state index contributed by atoms with van der Waals surface area (Å²) in [6.07, 6.45) is 6.55. The highest BCUT2D eigenvalue weighted by molar-refractivity contribution is 7.80. The predicted molar refractivity (Wildman–Crippen MR) is 132 cm³/mol. The molecule has 0 spiro atoms. The summed E-state index contributed by atoms with van der Waals surface area (Å²) in [4.78, 5) is 7.58. The van der Waals surface area contributed by atoms with Gasteiger partial charge in [0.2, 0.25) is 0 Å². The summed E-state index contributed by atoms with van der Waals surface area (Å²) >= 11 is 9.98. The van der Waals surface area contributed by atoms with E-state index < -0.39 is 0 Å². The lowest BCUT2D eigenvalue weighted by Gasteiger charge is -2.33. The number of hydrogen-bond donors (Lipinski definition) is 2. The molecule has 0 radical (unpaired) electrons. The monoisotopic (exact) mass is 456 g/mol. The van der Waals surface area contributed by atoms with E-state index in [2.05, 4.69) is 40.8 Å². The van der Waals surface area contributed by atoms with E-state index in [9.17, 15) is 0 Å². The van der Waals surface area contributed by atoms with E-state index in [1.54, 1.807) is 0 Å². The maximum absolute atomic E-state index is 9.12. The number of thiocarbonyl (C=S) groups is 1. The first kappa shape index (κ1) is 24.8. The summed E-state index contributed by atoms with van der Waals surface area (Å²) < 4.78 is 0.540. The number of nitrogens with one attached hydrogen (secondary N) is 1. The normalized spacial score (nSPS) is 18.2. The van der Waals surface area contributed by atoms with Crippen LogP contribution in [0.25, 0.3) is 0 Å².